The number of halogens is 1. The fourth-order valence-corrected chi connectivity index (χ4v) is 2.41. The van der Waals surface area contributed by atoms with E-state index in [-0.39, 0.29) is 0 Å². The lowest BCUT2D eigenvalue weighted by molar-refractivity contribution is -0.154. The molecule has 3 rings (SSSR count). The smallest absolute Gasteiger partial charge is 0.347 e. The summed E-state index contributed by atoms with van der Waals surface area (Å²) in [7, 11) is 0. The van der Waals surface area contributed by atoms with Crippen LogP contribution >= 0.6 is 11.6 Å². The van der Waals surface area contributed by atoms with Gasteiger partial charge < -0.3 is 14.6 Å². The van der Waals surface area contributed by atoms with E-state index in [1.54, 1.807) is 49.4 Å². The van der Waals surface area contributed by atoms with Crippen molar-refractivity contribution in [2.75, 3.05) is 0 Å². The third kappa shape index (κ3) is 3.86. The van der Waals surface area contributed by atoms with Crippen LogP contribution in [0.1, 0.15) is 20.3 Å². The number of benzene rings is 2. The van der Waals surface area contributed by atoms with E-state index in [2.05, 4.69) is 9.97 Å². The van der Waals surface area contributed by atoms with Gasteiger partial charge in [0.05, 0.1) is 17.2 Å². The minimum absolute atomic E-state index is 0.345. The summed E-state index contributed by atoms with van der Waals surface area (Å²) < 4.78 is 11.3. The highest BCUT2D eigenvalue weighted by molar-refractivity contribution is 6.31. The van der Waals surface area contributed by atoms with Gasteiger partial charge in [-0.25, -0.2) is 14.8 Å². The average Bonchev–Trinajstić information content (AvgIpc) is 2.63. The summed E-state index contributed by atoms with van der Waals surface area (Å²) in [6.45, 7) is 3.30. The molecule has 1 heterocycles. The highest BCUT2D eigenvalue weighted by Gasteiger charge is 2.33. The van der Waals surface area contributed by atoms with E-state index < -0.39 is 11.6 Å². The Bertz CT molecular complexity index is 946. The molecular weight excluding hydrogens is 356 g/mol. The second kappa shape index (κ2) is 7.17. The van der Waals surface area contributed by atoms with Crippen LogP contribution in [0.4, 0.5) is 0 Å². The van der Waals surface area contributed by atoms with Crippen LogP contribution in [0.5, 0.6) is 17.4 Å². The van der Waals surface area contributed by atoms with Crippen molar-refractivity contribution in [2.24, 2.45) is 0 Å². The summed E-state index contributed by atoms with van der Waals surface area (Å²) in [5.41, 5.74) is 0.0844. The molecule has 134 valence electrons. The molecule has 1 aromatic heterocycles. The second-order valence-corrected chi connectivity index (χ2v) is 6.34. The van der Waals surface area contributed by atoms with Crippen LogP contribution in [0.3, 0.4) is 0 Å². The number of carbonyl (C=O) groups is 1. The molecule has 0 aliphatic rings. The Morgan fingerprint density at radius 3 is 2.50 bits per heavy atom. The zero-order valence-corrected chi connectivity index (χ0v) is 15.0. The number of nitrogens with zero attached hydrogens (tertiary/aromatic N) is 2. The lowest BCUT2D eigenvalue weighted by Gasteiger charge is -2.24. The van der Waals surface area contributed by atoms with Gasteiger partial charge in [0.2, 0.25) is 11.5 Å². The number of aliphatic carboxylic acids is 1. The molecule has 0 radical (unpaired) electrons. The molecule has 2 aromatic carbocycles. The van der Waals surface area contributed by atoms with E-state index in [9.17, 15) is 9.90 Å². The highest BCUT2D eigenvalue weighted by Crippen LogP contribution is 2.27. The van der Waals surface area contributed by atoms with Crippen molar-refractivity contribution in [1.29, 1.82) is 0 Å². The van der Waals surface area contributed by atoms with Gasteiger partial charge in [-0.05, 0) is 55.8 Å². The molecule has 6 nitrogen and oxygen atoms in total. The van der Waals surface area contributed by atoms with Crippen molar-refractivity contribution in [3.8, 4) is 17.4 Å². The number of fused-ring (bicyclic) bond motifs is 1. The van der Waals surface area contributed by atoms with E-state index in [4.69, 9.17) is 21.1 Å². The predicted molar refractivity (Wildman–Crippen MR) is 98.0 cm³/mol. The summed E-state index contributed by atoms with van der Waals surface area (Å²) in [4.78, 5) is 20.0. The zero-order chi connectivity index (χ0) is 18.7. The number of aromatic nitrogens is 2. The van der Waals surface area contributed by atoms with Crippen LogP contribution < -0.4 is 9.47 Å². The largest absolute Gasteiger partial charge is 0.478 e. The topological polar surface area (TPSA) is 81.5 Å². The number of hydrogen-bond donors (Lipinski definition) is 1. The number of carboxylic acid groups (broad SMARTS) is 1. The molecule has 3 aromatic rings. The summed E-state index contributed by atoms with van der Waals surface area (Å²) in [5, 5.41) is 9.87. The fourth-order valence-electron chi connectivity index (χ4n) is 2.24. The van der Waals surface area contributed by atoms with E-state index >= 15 is 0 Å². The van der Waals surface area contributed by atoms with E-state index in [1.807, 2.05) is 0 Å². The second-order valence-electron chi connectivity index (χ2n) is 5.91. The van der Waals surface area contributed by atoms with Gasteiger partial charge in [0.15, 0.2) is 0 Å². The molecule has 0 saturated heterocycles. The standard InChI is InChI=1S/C19H17ClN2O4/c1-3-19(2,18(23)24)26-14-7-5-13(6-8-14)25-17-11-21-16-10-12(20)4-9-15(16)22-17/h4-11H,3H2,1-2H3,(H,23,24)/t19-/m1/s1. The SMILES string of the molecule is CC[C@@](C)(Oc1ccc(Oc2cnc3cc(Cl)ccc3n2)cc1)C(=O)O. The highest BCUT2D eigenvalue weighted by atomic mass is 35.5. The van der Waals surface area contributed by atoms with Crippen molar-refractivity contribution in [2.45, 2.75) is 25.9 Å². The van der Waals surface area contributed by atoms with Crippen LogP contribution in [-0.4, -0.2) is 26.6 Å². The molecule has 1 N–H and O–H groups in total. The maximum atomic E-state index is 11.3. The zero-order valence-electron chi connectivity index (χ0n) is 14.3. The number of hydrogen-bond acceptors (Lipinski definition) is 5. The molecule has 0 aliphatic carbocycles. The molecule has 0 spiro atoms. The Labute approximate surface area is 155 Å². The third-order valence-electron chi connectivity index (χ3n) is 4.00. The van der Waals surface area contributed by atoms with Gasteiger partial charge in [0.25, 0.3) is 0 Å². The first-order valence-electron chi connectivity index (χ1n) is 8.02. The summed E-state index contributed by atoms with van der Waals surface area (Å²) in [6.07, 6.45) is 1.86. The predicted octanol–water partition coefficient (Wildman–Crippen LogP) is 4.71. The minimum atomic E-state index is -1.27. The van der Waals surface area contributed by atoms with Gasteiger partial charge in [-0.3, -0.25) is 0 Å². The molecular formula is C19H17ClN2O4. The van der Waals surface area contributed by atoms with Gasteiger partial charge in [0, 0.05) is 5.02 Å². The van der Waals surface area contributed by atoms with Crippen LogP contribution in [0.25, 0.3) is 11.0 Å². The molecule has 0 unspecified atom stereocenters. The molecule has 0 fully saturated rings. The third-order valence-corrected chi connectivity index (χ3v) is 4.23. The lowest BCUT2D eigenvalue weighted by atomic mass is 10.0. The fraction of sp³-hybridized carbons (Fsp3) is 0.211. The summed E-state index contributed by atoms with van der Waals surface area (Å²) in [5.74, 6) is 0.320. The molecule has 1 atom stereocenters. The maximum Gasteiger partial charge on any atom is 0.347 e. The lowest BCUT2D eigenvalue weighted by Crippen LogP contribution is -2.40. The Morgan fingerprint density at radius 1 is 1.15 bits per heavy atom. The van der Waals surface area contributed by atoms with Crippen molar-refractivity contribution in [3.63, 3.8) is 0 Å². The van der Waals surface area contributed by atoms with Gasteiger partial charge in [-0.2, -0.15) is 0 Å². The van der Waals surface area contributed by atoms with Gasteiger partial charge in [0.1, 0.15) is 11.5 Å². The molecule has 0 bridgehead atoms. The van der Waals surface area contributed by atoms with Crippen LogP contribution in [0.15, 0.2) is 48.7 Å². The summed E-state index contributed by atoms with van der Waals surface area (Å²) >= 11 is 5.93. The minimum Gasteiger partial charge on any atom is -0.478 e. The quantitative estimate of drug-likeness (QED) is 0.675. The Balaban J connectivity index is 1.75. The Kier molecular flexibility index (Phi) is 4.95. The average molecular weight is 373 g/mol. The monoisotopic (exact) mass is 372 g/mol. The van der Waals surface area contributed by atoms with E-state index in [0.29, 0.717) is 39.9 Å². The van der Waals surface area contributed by atoms with Crippen molar-refractivity contribution >= 4 is 28.6 Å². The molecule has 26 heavy (non-hydrogen) atoms. The van der Waals surface area contributed by atoms with Crippen molar-refractivity contribution in [1.82, 2.24) is 9.97 Å². The Morgan fingerprint density at radius 2 is 1.85 bits per heavy atom. The molecule has 0 amide bonds. The van der Waals surface area contributed by atoms with E-state index in [0.717, 1.165) is 0 Å². The van der Waals surface area contributed by atoms with Crippen LogP contribution in [-0.2, 0) is 4.79 Å². The normalized spacial score (nSPS) is 13.2. The van der Waals surface area contributed by atoms with Gasteiger partial charge >= 0.3 is 5.97 Å². The van der Waals surface area contributed by atoms with Gasteiger partial charge in [-0.1, -0.05) is 18.5 Å². The molecule has 0 saturated carbocycles. The molecule has 0 aliphatic heterocycles. The Hall–Kier alpha value is -2.86. The summed E-state index contributed by atoms with van der Waals surface area (Å²) in [6, 6.07) is 11.9. The molecule has 7 heteroatoms. The van der Waals surface area contributed by atoms with Crippen molar-refractivity contribution in [3.05, 3.63) is 53.7 Å². The number of rotatable bonds is 6. The first-order chi connectivity index (χ1) is 12.4. The maximum absolute atomic E-state index is 11.3. The van der Waals surface area contributed by atoms with Gasteiger partial charge in [-0.15, -0.1) is 0 Å². The van der Waals surface area contributed by atoms with Crippen LogP contribution in [0, 0.1) is 0 Å². The first-order valence-corrected chi connectivity index (χ1v) is 8.40. The van der Waals surface area contributed by atoms with Crippen LogP contribution in [0.2, 0.25) is 5.02 Å². The van der Waals surface area contributed by atoms with E-state index in [1.165, 1.54) is 13.1 Å². The van der Waals surface area contributed by atoms with Crippen molar-refractivity contribution < 1.29 is 19.4 Å². The number of ether oxygens (including phenoxy) is 2. The number of carboxylic acids is 1. The first kappa shape index (κ1) is 17.9.